The van der Waals surface area contributed by atoms with Crippen LogP contribution >= 0.6 is 34.8 Å². The quantitative estimate of drug-likeness (QED) is 0.569. The third-order valence-corrected chi connectivity index (χ3v) is 4.25. The van der Waals surface area contributed by atoms with Gasteiger partial charge in [0.05, 0.1) is 11.0 Å². The first-order valence-electron chi connectivity index (χ1n) is 6.39. The Hall–Kier alpha value is -0.360. The molecule has 0 saturated heterocycles. The minimum Gasteiger partial charge on any atom is -0.331 e. The zero-order valence-electron chi connectivity index (χ0n) is 11.0. The molecule has 1 aromatic heterocycles. The van der Waals surface area contributed by atoms with Crippen LogP contribution < -0.4 is 0 Å². The van der Waals surface area contributed by atoms with Gasteiger partial charge in [-0.1, -0.05) is 13.8 Å². The second-order valence-corrected chi connectivity index (χ2v) is 6.91. The van der Waals surface area contributed by atoms with E-state index in [1.165, 1.54) is 21.9 Å². The van der Waals surface area contributed by atoms with Crippen LogP contribution in [0.2, 0.25) is 0 Å². The number of nitrogens with one attached hydrogen (secondary N) is 1. The summed E-state index contributed by atoms with van der Waals surface area (Å²) in [7, 11) is 0. The Morgan fingerprint density at radius 1 is 1.28 bits per heavy atom. The van der Waals surface area contributed by atoms with E-state index in [2.05, 4.69) is 71.1 Å². The maximum atomic E-state index is 5.46. The minimum atomic E-state index is 0.453. The molecule has 0 aliphatic carbocycles. The molecule has 0 radical (unpaired) electrons. The van der Waals surface area contributed by atoms with Crippen molar-refractivity contribution < 1.29 is 0 Å². The van der Waals surface area contributed by atoms with E-state index in [1.807, 2.05) is 0 Å². The van der Waals surface area contributed by atoms with Crippen LogP contribution in [-0.2, 0) is 0 Å². The predicted octanol–water partition coefficient (Wildman–Crippen LogP) is 5.30. The molecule has 18 heavy (non-hydrogen) atoms. The van der Waals surface area contributed by atoms with Gasteiger partial charge in [0.2, 0.25) is 0 Å². The highest BCUT2D eigenvalue weighted by Gasteiger charge is 2.11. The molecule has 0 bridgehead atoms. The van der Waals surface area contributed by atoms with E-state index < -0.39 is 0 Å². The average molecular weight is 374 g/mol. The molecule has 0 aliphatic rings. The summed E-state index contributed by atoms with van der Waals surface area (Å²) in [4.78, 5) is 3.31. The normalized spacial score (nSPS) is 13.4. The largest absolute Gasteiger partial charge is 0.331 e. The number of fused-ring (bicyclic) bond motifs is 1. The summed E-state index contributed by atoms with van der Waals surface area (Å²) >= 11 is 7.79. The number of aromatic amines is 1. The lowest BCUT2D eigenvalue weighted by atomic mass is 10.0. The Kier molecular flexibility index (Phi) is 4.48. The summed E-state index contributed by atoms with van der Waals surface area (Å²) in [5.74, 6) is 0.743. The van der Waals surface area contributed by atoms with Crippen LogP contribution in [0.4, 0.5) is 0 Å². The van der Waals surface area contributed by atoms with Crippen molar-refractivity contribution in [2.75, 3.05) is 0 Å². The van der Waals surface area contributed by atoms with E-state index in [9.17, 15) is 0 Å². The molecular weight excluding hydrogens is 355 g/mol. The molecular formula is C14H19IN2S. The van der Waals surface area contributed by atoms with Crippen LogP contribution in [0.3, 0.4) is 0 Å². The van der Waals surface area contributed by atoms with Gasteiger partial charge < -0.3 is 9.55 Å². The van der Waals surface area contributed by atoms with E-state index in [-0.39, 0.29) is 0 Å². The first-order chi connectivity index (χ1) is 8.49. The predicted molar refractivity (Wildman–Crippen MR) is 88.6 cm³/mol. The summed E-state index contributed by atoms with van der Waals surface area (Å²) in [6.07, 6.45) is 2.41. The number of H-pyrrole nitrogens is 1. The average Bonchev–Trinajstić information content (AvgIpc) is 2.61. The molecule has 0 saturated carbocycles. The topological polar surface area (TPSA) is 20.7 Å². The molecule has 0 amide bonds. The van der Waals surface area contributed by atoms with Crippen molar-refractivity contribution in [2.45, 2.75) is 39.7 Å². The fourth-order valence-corrected chi connectivity index (χ4v) is 3.12. The third kappa shape index (κ3) is 2.96. The van der Waals surface area contributed by atoms with Crippen molar-refractivity contribution in [2.24, 2.45) is 5.92 Å². The van der Waals surface area contributed by atoms with Gasteiger partial charge in [-0.15, -0.1) is 0 Å². The van der Waals surface area contributed by atoms with Gasteiger partial charge in [-0.3, -0.25) is 0 Å². The highest BCUT2D eigenvalue weighted by molar-refractivity contribution is 14.1. The maximum Gasteiger partial charge on any atom is 0.178 e. The molecule has 4 heteroatoms. The first kappa shape index (κ1) is 14.1. The number of aromatic nitrogens is 2. The van der Waals surface area contributed by atoms with Gasteiger partial charge in [-0.25, -0.2) is 0 Å². The van der Waals surface area contributed by atoms with Crippen LogP contribution in [0.5, 0.6) is 0 Å². The van der Waals surface area contributed by atoms with E-state index in [0.29, 0.717) is 6.04 Å². The molecule has 2 aromatic rings. The van der Waals surface area contributed by atoms with Crippen LogP contribution in [0.25, 0.3) is 11.0 Å². The lowest BCUT2D eigenvalue weighted by Gasteiger charge is -2.15. The van der Waals surface area contributed by atoms with Crippen molar-refractivity contribution in [3.05, 3.63) is 26.5 Å². The highest BCUT2D eigenvalue weighted by Crippen LogP contribution is 2.24. The Labute approximate surface area is 127 Å². The summed E-state index contributed by atoms with van der Waals surface area (Å²) in [5, 5.41) is 0. The molecule has 1 aromatic carbocycles. The molecule has 0 aliphatic heterocycles. The Bertz CT molecular complexity index is 597. The van der Waals surface area contributed by atoms with Crippen LogP contribution in [-0.4, -0.2) is 9.55 Å². The third-order valence-electron chi connectivity index (χ3n) is 3.28. The highest BCUT2D eigenvalue weighted by atomic mass is 127. The number of hydrogen-bond acceptors (Lipinski definition) is 1. The van der Waals surface area contributed by atoms with E-state index >= 15 is 0 Å². The minimum absolute atomic E-state index is 0.453. The number of rotatable bonds is 4. The van der Waals surface area contributed by atoms with Crippen molar-refractivity contribution in [1.82, 2.24) is 9.55 Å². The number of halogens is 1. The number of imidazole rings is 1. The SMILES string of the molecule is CC(C)CCC(C)n1c(=S)[nH]c2cc(I)ccc21. The first-order valence-corrected chi connectivity index (χ1v) is 7.87. The summed E-state index contributed by atoms with van der Waals surface area (Å²) < 4.78 is 4.32. The van der Waals surface area contributed by atoms with Crippen LogP contribution in [0.15, 0.2) is 18.2 Å². The lowest BCUT2D eigenvalue weighted by molar-refractivity contribution is 0.443. The molecule has 1 unspecified atom stereocenters. The number of benzene rings is 1. The van der Waals surface area contributed by atoms with Crippen molar-refractivity contribution in [1.29, 1.82) is 0 Å². The molecule has 1 atom stereocenters. The second kappa shape index (κ2) is 5.74. The molecule has 2 rings (SSSR count). The second-order valence-electron chi connectivity index (χ2n) is 5.28. The molecule has 2 nitrogen and oxygen atoms in total. The van der Waals surface area contributed by atoms with Gasteiger partial charge in [0.15, 0.2) is 4.77 Å². The lowest BCUT2D eigenvalue weighted by Crippen LogP contribution is -2.06. The van der Waals surface area contributed by atoms with Crippen LogP contribution in [0, 0.1) is 14.3 Å². The molecule has 0 spiro atoms. The van der Waals surface area contributed by atoms with Gasteiger partial charge in [0.1, 0.15) is 0 Å². The zero-order valence-corrected chi connectivity index (χ0v) is 14.0. The standard InChI is InChI=1S/C14H19IN2S/c1-9(2)4-5-10(3)17-13-7-6-11(15)8-12(13)16-14(17)18/h6-10H,4-5H2,1-3H3,(H,16,18). The fourth-order valence-electron chi connectivity index (χ4n) is 2.24. The van der Waals surface area contributed by atoms with E-state index in [1.54, 1.807) is 0 Å². The zero-order chi connectivity index (χ0) is 13.3. The maximum absolute atomic E-state index is 5.46. The Balaban J connectivity index is 2.38. The summed E-state index contributed by atoms with van der Waals surface area (Å²) in [6.45, 7) is 6.79. The Morgan fingerprint density at radius 3 is 2.67 bits per heavy atom. The van der Waals surface area contributed by atoms with E-state index in [0.717, 1.165) is 16.2 Å². The van der Waals surface area contributed by atoms with Crippen molar-refractivity contribution >= 4 is 45.8 Å². The molecule has 1 heterocycles. The summed E-state index contributed by atoms with van der Waals surface area (Å²) in [5.41, 5.74) is 2.36. The van der Waals surface area contributed by atoms with Gasteiger partial charge in [-0.2, -0.15) is 0 Å². The smallest absolute Gasteiger partial charge is 0.178 e. The fraction of sp³-hybridized carbons (Fsp3) is 0.500. The molecule has 1 N–H and O–H groups in total. The van der Waals surface area contributed by atoms with Gasteiger partial charge in [0, 0.05) is 9.61 Å². The monoisotopic (exact) mass is 374 g/mol. The van der Waals surface area contributed by atoms with Crippen molar-refractivity contribution in [3.63, 3.8) is 0 Å². The molecule has 0 fully saturated rings. The molecule has 98 valence electrons. The van der Waals surface area contributed by atoms with Gasteiger partial charge in [-0.05, 0) is 78.7 Å². The van der Waals surface area contributed by atoms with E-state index in [4.69, 9.17) is 12.2 Å². The van der Waals surface area contributed by atoms with Crippen LogP contribution in [0.1, 0.15) is 39.7 Å². The Morgan fingerprint density at radius 2 is 2.00 bits per heavy atom. The number of hydrogen-bond donors (Lipinski definition) is 1. The van der Waals surface area contributed by atoms with Gasteiger partial charge >= 0.3 is 0 Å². The van der Waals surface area contributed by atoms with Crippen molar-refractivity contribution in [3.8, 4) is 0 Å². The summed E-state index contributed by atoms with van der Waals surface area (Å²) in [6, 6.07) is 6.90. The van der Waals surface area contributed by atoms with Gasteiger partial charge in [0.25, 0.3) is 0 Å². The number of nitrogens with zero attached hydrogens (tertiary/aromatic N) is 1.